The van der Waals surface area contributed by atoms with Crippen LogP contribution in [0.25, 0.3) is 0 Å². The fraction of sp³-hybridized carbons (Fsp3) is 0.385. The fourth-order valence-corrected chi connectivity index (χ4v) is 1.51. The van der Waals surface area contributed by atoms with Gasteiger partial charge in [-0.3, -0.25) is 4.79 Å². The summed E-state index contributed by atoms with van der Waals surface area (Å²) in [6.45, 7) is 3.14. The molecule has 0 bridgehead atoms. The van der Waals surface area contributed by atoms with Gasteiger partial charge in [0, 0.05) is 5.69 Å². The van der Waals surface area contributed by atoms with Crippen molar-refractivity contribution in [3.05, 3.63) is 23.2 Å². The lowest BCUT2D eigenvalue weighted by molar-refractivity contribution is -0.139. The van der Waals surface area contributed by atoms with Gasteiger partial charge in [-0.15, -0.1) is 0 Å². The highest BCUT2D eigenvalue weighted by Gasteiger charge is 2.08. The molecule has 0 aliphatic rings. The predicted molar refractivity (Wildman–Crippen MR) is 74.3 cm³/mol. The van der Waals surface area contributed by atoms with Crippen molar-refractivity contribution in [2.45, 2.75) is 20.0 Å². The number of hydrogen-bond acceptors (Lipinski definition) is 4. The van der Waals surface area contributed by atoms with Crippen LogP contribution in [0.4, 0.5) is 5.69 Å². The van der Waals surface area contributed by atoms with Gasteiger partial charge in [-0.2, -0.15) is 0 Å². The van der Waals surface area contributed by atoms with Gasteiger partial charge in [0.1, 0.15) is 12.4 Å². The smallest absolute Gasteiger partial charge is 0.341 e. The van der Waals surface area contributed by atoms with E-state index < -0.39 is 12.6 Å². The number of ether oxygens (including phenoxy) is 2. The van der Waals surface area contributed by atoms with E-state index in [1.807, 2.05) is 13.8 Å². The Balaban J connectivity index is 2.58. The zero-order chi connectivity index (χ0) is 15.1. The number of hydrogen-bond donors (Lipinski definition) is 2. The Morgan fingerprint density at radius 2 is 2.05 bits per heavy atom. The summed E-state index contributed by atoms with van der Waals surface area (Å²) < 4.78 is 10.1. The van der Waals surface area contributed by atoms with E-state index in [9.17, 15) is 9.59 Å². The van der Waals surface area contributed by atoms with Gasteiger partial charge in [-0.05, 0) is 32.0 Å². The average Bonchev–Trinajstić information content (AvgIpc) is 2.35. The third-order valence-corrected chi connectivity index (χ3v) is 2.41. The first-order valence-corrected chi connectivity index (χ1v) is 6.32. The highest BCUT2D eigenvalue weighted by Crippen LogP contribution is 2.27. The third kappa shape index (κ3) is 5.90. The predicted octanol–water partition coefficient (Wildman–Crippen LogP) is 2.17. The topological polar surface area (TPSA) is 84.9 Å². The van der Waals surface area contributed by atoms with E-state index in [1.165, 1.54) is 12.1 Å². The number of carboxylic acids is 1. The Morgan fingerprint density at radius 3 is 2.60 bits per heavy atom. The van der Waals surface area contributed by atoms with Crippen molar-refractivity contribution in [2.24, 2.45) is 0 Å². The van der Waals surface area contributed by atoms with Crippen LogP contribution >= 0.6 is 11.6 Å². The summed E-state index contributed by atoms with van der Waals surface area (Å²) in [4.78, 5) is 21.9. The molecule has 1 amide bonds. The second-order valence-corrected chi connectivity index (χ2v) is 4.64. The monoisotopic (exact) mass is 301 g/mol. The zero-order valence-corrected chi connectivity index (χ0v) is 11.9. The Morgan fingerprint density at radius 1 is 1.35 bits per heavy atom. The molecular weight excluding hydrogens is 286 g/mol. The van der Waals surface area contributed by atoms with Gasteiger partial charge < -0.3 is 19.9 Å². The van der Waals surface area contributed by atoms with Gasteiger partial charge in [0.15, 0.2) is 6.61 Å². The third-order valence-electron chi connectivity index (χ3n) is 2.11. The van der Waals surface area contributed by atoms with E-state index in [0.717, 1.165) is 0 Å². The van der Waals surface area contributed by atoms with Gasteiger partial charge in [0.2, 0.25) is 5.91 Å². The molecule has 0 unspecified atom stereocenters. The van der Waals surface area contributed by atoms with E-state index in [2.05, 4.69) is 5.32 Å². The van der Waals surface area contributed by atoms with Crippen LogP contribution in [0.1, 0.15) is 13.8 Å². The molecular formula is C13H16ClNO5. The van der Waals surface area contributed by atoms with Gasteiger partial charge in [-0.25, -0.2) is 4.79 Å². The molecule has 1 aromatic rings. The number of aliphatic carboxylic acids is 1. The highest BCUT2D eigenvalue weighted by atomic mass is 35.5. The van der Waals surface area contributed by atoms with Crippen molar-refractivity contribution in [1.29, 1.82) is 0 Å². The van der Waals surface area contributed by atoms with Crippen LogP contribution in [0, 0.1) is 0 Å². The van der Waals surface area contributed by atoms with Gasteiger partial charge in [-0.1, -0.05) is 11.6 Å². The molecule has 0 aromatic heterocycles. The standard InChI is InChI=1S/C13H16ClNO5/c1-8(2)19-6-12(16)15-9-3-4-11(10(14)5-9)20-7-13(17)18/h3-5,8H,6-7H2,1-2H3,(H,15,16)(H,17,18). The Labute approximate surface area is 121 Å². The molecule has 7 heteroatoms. The van der Waals surface area contributed by atoms with Crippen molar-refractivity contribution in [1.82, 2.24) is 0 Å². The maximum absolute atomic E-state index is 11.5. The summed E-state index contributed by atoms with van der Waals surface area (Å²) in [5.41, 5.74) is 0.482. The van der Waals surface area contributed by atoms with Crippen molar-refractivity contribution < 1.29 is 24.2 Å². The largest absolute Gasteiger partial charge is 0.480 e. The number of amides is 1. The lowest BCUT2D eigenvalue weighted by Gasteiger charge is -2.10. The molecule has 0 heterocycles. The first-order chi connectivity index (χ1) is 9.38. The molecule has 0 saturated carbocycles. The van der Waals surface area contributed by atoms with Crippen molar-refractivity contribution in [3.63, 3.8) is 0 Å². The van der Waals surface area contributed by atoms with Crippen LogP contribution in [0.2, 0.25) is 5.02 Å². The zero-order valence-electron chi connectivity index (χ0n) is 11.2. The number of nitrogens with one attached hydrogen (secondary N) is 1. The van der Waals surface area contributed by atoms with Crippen molar-refractivity contribution >= 4 is 29.2 Å². The number of halogens is 1. The van der Waals surface area contributed by atoms with Gasteiger partial charge in [0.05, 0.1) is 11.1 Å². The van der Waals surface area contributed by atoms with Crippen molar-refractivity contribution in [3.8, 4) is 5.75 Å². The maximum Gasteiger partial charge on any atom is 0.341 e. The molecule has 6 nitrogen and oxygen atoms in total. The molecule has 0 atom stereocenters. The lowest BCUT2D eigenvalue weighted by Crippen LogP contribution is -2.20. The van der Waals surface area contributed by atoms with E-state index in [4.69, 9.17) is 26.2 Å². The van der Waals surface area contributed by atoms with E-state index >= 15 is 0 Å². The lowest BCUT2D eigenvalue weighted by atomic mass is 10.3. The minimum Gasteiger partial charge on any atom is -0.480 e. The molecule has 0 spiro atoms. The number of anilines is 1. The summed E-state index contributed by atoms with van der Waals surface area (Å²) in [7, 11) is 0. The molecule has 0 aliphatic carbocycles. The van der Waals surface area contributed by atoms with Crippen molar-refractivity contribution in [2.75, 3.05) is 18.5 Å². The maximum atomic E-state index is 11.5. The first kappa shape index (κ1) is 16.3. The van der Waals surface area contributed by atoms with Crippen LogP contribution in [-0.2, 0) is 14.3 Å². The summed E-state index contributed by atoms with van der Waals surface area (Å²) in [6.07, 6.45) is -0.0314. The molecule has 0 radical (unpaired) electrons. The van der Waals surface area contributed by atoms with E-state index in [0.29, 0.717) is 5.69 Å². The summed E-state index contributed by atoms with van der Waals surface area (Å²) >= 11 is 5.92. The second-order valence-electron chi connectivity index (χ2n) is 4.24. The van der Waals surface area contributed by atoms with Crippen LogP contribution in [0.5, 0.6) is 5.75 Å². The Hall–Kier alpha value is -1.79. The minimum absolute atomic E-state index is 0.0314. The Kier molecular flexibility index (Phi) is 6.27. The Bertz CT molecular complexity index is 490. The van der Waals surface area contributed by atoms with Gasteiger partial charge >= 0.3 is 5.97 Å². The summed E-state index contributed by atoms with van der Waals surface area (Å²) in [5, 5.41) is 11.3. The van der Waals surface area contributed by atoms with Crippen LogP contribution < -0.4 is 10.1 Å². The number of carboxylic acid groups (broad SMARTS) is 1. The van der Waals surface area contributed by atoms with E-state index in [-0.39, 0.29) is 29.4 Å². The number of carbonyl (C=O) groups is 2. The SMILES string of the molecule is CC(C)OCC(=O)Nc1ccc(OCC(=O)O)c(Cl)c1. The minimum atomic E-state index is -1.09. The average molecular weight is 302 g/mol. The first-order valence-electron chi connectivity index (χ1n) is 5.94. The molecule has 0 aliphatic heterocycles. The van der Waals surface area contributed by atoms with Crippen LogP contribution in [0.15, 0.2) is 18.2 Å². The number of rotatable bonds is 7. The second kappa shape index (κ2) is 7.72. The molecule has 20 heavy (non-hydrogen) atoms. The van der Waals surface area contributed by atoms with Crippen LogP contribution in [-0.4, -0.2) is 36.3 Å². The molecule has 0 fully saturated rings. The van der Waals surface area contributed by atoms with Crippen LogP contribution in [0.3, 0.4) is 0 Å². The molecule has 2 N–H and O–H groups in total. The molecule has 0 saturated heterocycles. The van der Waals surface area contributed by atoms with E-state index in [1.54, 1.807) is 6.07 Å². The molecule has 110 valence electrons. The van der Waals surface area contributed by atoms with Gasteiger partial charge in [0.25, 0.3) is 0 Å². The number of carbonyl (C=O) groups excluding carboxylic acids is 1. The normalized spacial score (nSPS) is 10.4. The summed E-state index contributed by atoms with van der Waals surface area (Å²) in [5.74, 6) is -1.15. The summed E-state index contributed by atoms with van der Waals surface area (Å²) in [6, 6.07) is 4.53. The fourth-order valence-electron chi connectivity index (χ4n) is 1.27. The molecule has 1 aromatic carbocycles. The number of benzene rings is 1. The highest BCUT2D eigenvalue weighted by molar-refractivity contribution is 6.32. The quantitative estimate of drug-likeness (QED) is 0.806. The molecule has 1 rings (SSSR count).